The fourth-order valence-corrected chi connectivity index (χ4v) is 5.02. The number of fused-ring (bicyclic) bond motifs is 3. The normalized spacial score (nSPS) is 20.2. The Balaban J connectivity index is 1.64. The molecule has 1 N–H and O–H groups in total. The Morgan fingerprint density at radius 2 is 1.93 bits per heavy atom. The average molecular weight is 471 g/mol. The van der Waals surface area contributed by atoms with Crippen molar-refractivity contribution in [2.75, 3.05) is 14.2 Å². The molecule has 0 saturated heterocycles. The van der Waals surface area contributed by atoms with Gasteiger partial charge in [-0.15, -0.1) is 11.3 Å². The van der Waals surface area contributed by atoms with E-state index < -0.39 is 6.23 Å². The first-order valence-corrected chi connectivity index (χ1v) is 10.8. The van der Waals surface area contributed by atoms with Crippen LogP contribution in [0.2, 0.25) is 0 Å². The van der Waals surface area contributed by atoms with Gasteiger partial charge in [-0.25, -0.2) is 0 Å². The highest BCUT2D eigenvalue weighted by Crippen LogP contribution is 2.49. The van der Waals surface area contributed by atoms with Crippen LogP contribution in [0.5, 0.6) is 17.2 Å². The van der Waals surface area contributed by atoms with Gasteiger partial charge in [0.2, 0.25) is 0 Å². The topological polar surface area (TPSA) is 43.0 Å². The van der Waals surface area contributed by atoms with Crippen LogP contribution in [0.15, 0.2) is 64.5 Å². The highest BCUT2D eigenvalue weighted by atomic mass is 79.9. The van der Waals surface area contributed by atoms with Gasteiger partial charge in [-0.2, -0.15) is 5.01 Å². The molecule has 3 aromatic rings. The zero-order valence-corrected chi connectivity index (χ0v) is 18.3. The maximum Gasteiger partial charge on any atom is 0.199 e. The number of hydrogen-bond acceptors (Lipinski definition) is 6. The number of methoxy groups -OCH3 is 2. The molecule has 148 valence electrons. The smallest absolute Gasteiger partial charge is 0.199 e. The van der Waals surface area contributed by atoms with Crippen molar-refractivity contribution in [2.24, 2.45) is 0 Å². The van der Waals surface area contributed by atoms with Crippen LogP contribution < -0.4 is 19.6 Å². The molecule has 2 aliphatic heterocycles. The van der Waals surface area contributed by atoms with E-state index in [0.717, 1.165) is 27.0 Å². The number of nitrogens with zero attached hydrogens (tertiary/aromatic N) is 1. The van der Waals surface area contributed by atoms with E-state index in [2.05, 4.69) is 56.0 Å². The van der Waals surface area contributed by atoms with Crippen molar-refractivity contribution >= 4 is 33.0 Å². The zero-order chi connectivity index (χ0) is 20.0. The number of benzene rings is 2. The van der Waals surface area contributed by atoms with Crippen LogP contribution in [0.1, 0.15) is 28.3 Å². The lowest BCUT2D eigenvalue weighted by Gasteiger charge is -2.39. The number of rotatable bonds is 4. The van der Waals surface area contributed by atoms with Crippen LogP contribution in [-0.2, 0) is 0 Å². The second kappa shape index (κ2) is 7.40. The molecule has 5 nitrogen and oxygen atoms in total. The molecule has 0 saturated carbocycles. The van der Waals surface area contributed by atoms with Crippen molar-refractivity contribution in [1.29, 1.82) is 0 Å². The Morgan fingerprint density at radius 3 is 2.69 bits per heavy atom. The van der Waals surface area contributed by atoms with Gasteiger partial charge in [-0.3, -0.25) is 0 Å². The molecular formula is C22H19BrN2O3S. The van der Waals surface area contributed by atoms with E-state index in [1.807, 2.05) is 30.3 Å². The van der Waals surface area contributed by atoms with E-state index in [9.17, 15) is 0 Å². The van der Waals surface area contributed by atoms with Gasteiger partial charge >= 0.3 is 0 Å². The van der Waals surface area contributed by atoms with E-state index in [1.165, 1.54) is 4.88 Å². The van der Waals surface area contributed by atoms with Crippen LogP contribution in [0.4, 0.5) is 0 Å². The van der Waals surface area contributed by atoms with Crippen molar-refractivity contribution in [3.8, 4) is 17.2 Å². The van der Waals surface area contributed by atoms with Crippen molar-refractivity contribution in [3.05, 3.63) is 80.5 Å². The summed E-state index contributed by atoms with van der Waals surface area (Å²) in [6.07, 6.45) is 1.85. The molecule has 2 atom stereocenters. The number of hydrazine groups is 1. The summed E-state index contributed by atoms with van der Waals surface area (Å²) < 4.78 is 18.6. The van der Waals surface area contributed by atoms with Gasteiger partial charge in [0.15, 0.2) is 17.7 Å². The van der Waals surface area contributed by atoms with Gasteiger partial charge in [-0.05, 0) is 35.7 Å². The number of halogens is 1. The van der Waals surface area contributed by atoms with E-state index in [-0.39, 0.29) is 6.04 Å². The summed E-state index contributed by atoms with van der Waals surface area (Å²) in [5, 5.41) is 4.21. The lowest BCUT2D eigenvalue weighted by atomic mass is 10.0. The Hall–Kier alpha value is -2.48. The van der Waals surface area contributed by atoms with E-state index in [0.29, 0.717) is 11.5 Å². The maximum absolute atomic E-state index is 6.47. The first kappa shape index (κ1) is 18.5. The predicted molar refractivity (Wildman–Crippen MR) is 117 cm³/mol. The zero-order valence-electron chi connectivity index (χ0n) is 15.9. The van der Waals surface area contributed by atoms with Gasteiger partial charge in [0.25, 0.3) is 0 Å². The number of hydrogen-bond donors (Lipinski definition) is 1. The van der Waals surface area contributed by atoms with Crippen LogP contribution in [0, 0.1) is 0 Å². The molecule has 2 aromatic carbocycles. The molecule has 7 heteroatoms. The molecule has 5 rings (SSSR count). The quantitative estimate of drug-likeness (QED) is 0.543. The molecule has 2 aliphatic rings. The van der Waals surface area contributed by atoms with Crippen LogP contribution in [0.25, 0.3) is 5.70 Å². The van der Waals surface area contributed by atoms with Gasteiger partial charge in [0, 0.05) is 10.0 Å². The average Bonchev–Trinajstić information content (AvgIpc) is 3.42. The molecule has 0 amide bonds. The minimum atomic E-state index is -0.398. The molecule has 0 radical (unpaired) electrons. The van der Waals surface area contributed by atoms with Gasteiger partial charge < -0.3 is 19.6 Å². The lowest BCUT2D eigenvalue weighted by molar-refractivity contribution is -0.0340. The molecular weight excluding hydrogens is 452 g/mol. The molecule has 3 heterocycles. The van der Waals surface area contributed by atoms with Gasteiger partial charge in [-0.1, -0.05) is 40.2 Å². The number of thiophene rings is 1. The van der Waals surface area contributed by atoms with Crippen molar-refractivity contribution in [1.82, 2.24) is 10.4 Å². The standard InChI is InChI=1S/C22H19BrN2O3S/c1-26-19-11-13(23)10-15(21(19)27-2)22-25-17(14-6-3-4-7-18(14)28-22)12-16(24-25)20-8-5-9-29-20/h3-12,17,22,24H,1-2H3. The second-order valence-corrected chi connectivity index (χ2v) is 8.62. The van der Waals surface area contributed by atoms with Gasteiger partial charge in [0.05, 0.1) is 36.4 Å². The Bertz CT molecular complexity index is 1080. The number of para-hydroxylation sites is 1. The summed E-state index contributed by atoms with van der Waals surface area (Å²) in [5.41, 5.74) is 6.65. The van der Waals surface area contributed by atoms with Crippen LogP contribution in [-0.4, -0.2) is 19.2 Å². The highest BCUT2D eigenvalue weighted by Gasteiger charge is 2.41. The summed E-state index contributed by atoms with van der Waals surface area (Å²) in [4.78, 5) is 1.19. The molecule has 2 unspecified atom stereocenters. The Morgan fingerprint density at radius 1 is 1.07 bits per heavy atom. The minimum Gasteiger partial charge on any atom is -0.493 e. The summed E-state index contributed by atoms with van der Waals surface area (Å²) >= 11 is 5.30. The molecule has 1 aromatic heterocycles. The number of nitrogens with one attached hydrogen (secondary N) is 1. The van der Waals surface area contributed by atoms with Crippen LogP contribution >= 0.6 is 27.3 Å². The fraction of sp³-hybridized carbons (Fsp3) is 0.182. The van der Waals surface area contributed by atoms with E-state index >= 15 is 0 Å². The third-order valence-corrected chi connectivity index (χ3v) is 6.49. The molecule has 0 fully saturated rings. The first-order chi connectivity index (χ1) is 14.2. The van der Waals surface area contributed by atoms with E-state index in [1.54, 1.807) is 25.6 Å². The minimum absolute atomic E-state index is 0.0386. The molecule has 29 heavy (non-hydrogen) atoms. The predicted octanol–water partition coefficient (Wildman–Crippen LogP) is 5.52. The maximum atomic E-state index is 6.47. The van der Waals surface area contributed by atoms with Crippen molar-refractivity contribution in [3.63, 3.8) is 0 Å². The van der Waals surface area contributed by atoms with Crippen molar-refractivity contribution in [2.45, 2.75) is 12.3 Å². The lowest BCUT2D eigenvalue weighted by Crippen LogP contribution is -2.43. The number of ether oxygens (including phenoxy) is 3. The third kappa shape index (κ3) is 3.10. The van der Waals surface area contributed by atoms with E-state index in [4.69, 9.17) is 14.2 Å². The summed E-state index contributed by atoms with van der Waals surface area (Å²) in [5.74, 6) is 2.18. The first-order valence-electron chi connectivity index (χ1n) is 9.17. The summed E-state index contributed by atoms with van der Waals surface area (Å²) in [6.45, 7) is 0. The molecule has 0 spiro atoms. The molecule has 0 bridgehead atoms. The monoisotopic (exact) mass is 470 g/mol. The largest absolute Gasteiger partial charge is 0.493 e. The van der Waals surface area contributed by atoms with Crippen LogP contribution in [0.3, 0.4) is 0 Å². The van der Waals surface area contributed by atoms with Crippen molar-refractivity contribution < 1.29 is 14.2 Å². The Kier molecular flexibility index (Phi) is 4.73. The van der Waals surface area contributed by atoms with Gasteiger partial charge in [0.1, 0.15) is 5.75 Å². The SMILES string of the molecule is COc1cc(Br)cc(C2Oc3ccccc3C3C=C(c4cccs4)NN32)c1OC. The molecule has 0 aliphatic carbocycles. The highest BCUT2D eigenvalue weighted by molar-refractivity contribution is 9.10. The summed E-state index contributed by atoms with van der Waals surface area (Å²) in [6, 6.07) is 16.3. The second-order valence-electron chi connectivity index (χ2n) is 6.76. The summed E-state index contributed by atoms with van der Waals surface area (Å²) in [7, 11) is 3.29. The fourth-order valence-electron chi connectivity index (χ4n) is 3.86. The Labute approximate surface area is 181 Å². The third-order valence-electron chi connectivity index (χ3n) is 5.13.